The Balaban J connectivity index is 1.37. The van der Waals surface area contributed by atoms with Gasteiger partial charge in [0.2, 0.25) is 5.91 Å². The molecule has 2 N–H and O–H groups in total. The molecule has 0 radical (unpaired) electrons. The van der Waals surface area contributed by atoms with E-state index in [1.807, 2.05) is 41.9 Å². The van der Waals surface area contributed by atoms with Gasteiger partial charge in [-0.1, -0.05) is 74.5 Å². The summed E-state index contributed by atoms with van der Waals surface area (Å²) in [4.78, 5) is 30.3. The van der Waals surface area contributed by atoms with Crippen LogP contribution in [0.15, 0.2) is 65.7 Å². The molecule has 3 atom stereocenters. The summed E-state index contributed by atoms with van der Waals surface area (Å²) in [5.74, 6) is 1.69. The van der Waals surface area contributed by atoms with Crippen molar-refractivity contribution in [2.75, 3.05) is 13.2 Å². The fourth-order valence-electron chi connectivity index (χ4n) is 5.82. The van der Waals surface area contributed by atoms with Gasteiger partial charge in [0.05, 0.1) is 17.3 Å². The third kappa shape index (κ3) is 9.99. The van der Waals surface area contributed by atoms with Gasteiger partial charge in [-0.05, 0) is 74.3 Å². The quantitative estimate of drug-likeness (QED) is 0.294. The predicted octanol–water partition coefficient (Wildman–Crippen LogP) is 6.44. The van der Waals surface area contributed by atoms with Crippen molar-refractivity contribution in [3.63, 3.8) is 0 Å². The van der Waals surface area contributed by atoms with Crippen LogP contribution in [0, 0.1) is 17.8 Å². The first-order valence-corrected chi connectivity index (χ1v) is 15.9. The van der Waals surface area contributed by atoms with E-state index in [2.05, 4.69) is 53.7 Å². The number of nitrogens with one attached hydrogen (secondary N) is 2. The Labute approximate surface area is 244 Å². The molecule has 2 aromatic carbocycles. The fourth-order valence-corrected chi connectivity index (χ4v) is 6.48. The number of amides is 2. The van der Waals surface area contributed by atoms with Crippen LogP contribution in [-0.4, -0.2) is 48.0 Å². The van der Waals surface area contributed by atoms with Crippen LogP contribution in [0.2, 0.25) is 0 Å². The topological polar surface area (TPSA) is 79.8 Å². The number of hydrogen-bond acceptors (Lipinski definition) is 5. The second-order valence-corrected chi connectivity index (χ2v) is 12.8. The summed E-state index contributed by atoms with van der Waals surface area (Å²) in [5, 5.41) is 6.73. The minimum atomic E-state index is -0.390. The van der Waals surface area contributed by atoms with E-state index in [1.165, 1.54) is 5.56 Å². The van der Waals surface area contributed by atoms with Crippen LogP contribution >= 0.6 is 11.8 Å². The van der Waals surface area contributed by atoms with E-state index in [-0.39, 0.29) is 35.3 Å². The SMILES string of the molecule is CC(C)C1CCC(C(=O)N[C@H](CC[C@H](Cc2ccccc2)NC(=O)OCC2CN=CS2)Cc2ccccc2)CC1. The van der Waals surface area contributed by atoms with E-state index < -0.39 is 0 Å². The van der Waals surface area contributed by atoms with Crippen molar-refractivity contribution in [2.45, 2.75) is 82.5 Å². The van der Waals surface area contributed by atoms with E-state index in [0.717, 1.165) is 56.4 Å². The Morgan fingerprint density at radius 2 is 1.45 bits per heavy atom. The third-order valence-corrected chi connectivity index (χ3v) is 9.25. The summed E-state index contributed by atoms with van der Waals surface area (Å²) in [7, 11) is 0. The van der Waals surface area contributed by atoms with Gasteiger partial charge in [0, 0.05) is 18.0 Å². The molecule has 0 spiro atoms. The first kappa shape index (κ1) is 30.2. The average Bonchev–Trinajstić information content (AvgIpc) is 3.50. The van der Waals surface area contributed by atoms with E-state index in [4.69, 9.17) is 4.74 Å². The second kappa shape index (κ2) is 15.8. The smallest absolute Gasteiger partial charge is 0.407 e. The number of nitrogens with zero attached hydrogens (tertiary/aromatic N) is 1. The molecule has 6 nitrogen and oxygen atoms in total. The largest absolute Gasteiger partial charge is 0.448 e. The van der Waals surface area contributed by atoms with Gasteiger partial charge in [0.1, 0.15) is 6.61 Å². The Kier molecular flexibility index (Phi) is 12.0. The molecule has 4 rings (SSSR count). The summed E-state index contributed by atoms with van der Waals surface area (Å²) in [6, 6.07) is 20.5. The number of thioether (sulfide) groups is 1. The standard InChI is InChI=1S/C33H45N3O3S/c1-24(2)27-13-15-28(16-14-27)32(37)35-29(19-25-9-5-3-6-10-25)17-18-30(20-26-11-7-4-8-12-26)36-33(38)39-22-31-21-34-23-40-31/h3-12,23-24,27-31H,13-22H2,1-2H3,(H,35,37)(H,36,38)/t27?,28?,29-,30-,31?/m1/s1. The first-order valence-electron chi connectivity index (χ1n) is 14.9. The van der Waals surface area contributed by atoms with Gasteiger partial charge in [-0.2, -0.15) is 0 Å². The average molecular weight is 564 g/mol. The maximum Gasteiger partial charge on any atom is 0.407 e. The molecule has 2 aliphatic rings. The predicted molar refractivity (Wildman–Crippen MR) is 165 cm³/mol. The monoisotopic (exact) mass is 563 g/mol. The van der Waals surface area contributed by atoms with Crippen molar-refractivity contribution in [1.29, 1.82) is 0 Å². The van der Waals surface area contributed by atoms with Crippen LogP contribution in [0.25, 0.3) is 0 Å². The zero-order valence-electron chi connectivity index (χ0n) is 24.0. The molecule has 1 fully saturated rings. The number of hydrogen-bond donors (Lipinski definition) is 2. The van der Waals surface area contributed by atoms with E-state index >= 15 is 0 Å². The van der Waals surface area contributed by atoms with Gasteiger partial charge in [0.15, 0.2) is 0 Å². The van der Waals surface area contributed by atoms with Crippen molar-refractivity contribution < 1.29 is 14.3 Å². The Hall–Kier alpha value is -2.80. The maximum atomic E-state index is 13.4. The number of carbonyl (C=O) groups excluding carboxylic acids is 2. The maximum absolute atomic E-state index is 13.4. The summed E-state index contributed by atoms with van der Waals surface area (Å²) in [5.41, 5.74) is 4.19. The molecule has 0 bridgehead atoms. The molecule has 1 saturated carbocycles. The number of carbonyl (C=O) groups is 2. The van der Waals surface area contributed by atoms with Crippen molar-refractivity contribution in [1.82, 2.24) is 10.6 Å². The van der Waals surface area contributed by atoms with Crippen LogP contribution in [0.1, 0.15) is 63.5 Å². The number of benzene rings is 2. The number of rotatable bonds is 13. The zero-order chi connectivity index (χ0) is 28.2. The van der Waals surface area contributed by atoms with Gasteiger partial charge < -0.3 is 15.4 Å². The minimum Gasteiger partial charge on any atom is -0.448 e. The number of ether oxygens (including phenoxy) is 1. The van der Waals surface area contributed by atoms with Crippen molar-refractivity contribution >= 4 is 29.3 Å². The Morgan fingerprint density at radius 3 is 1.98 bits per heavy atom. The van der Waals surface area contributed by atoms with Crippen LogP contribution in [0.4, 0.5) is 4.79 Å². The molecule has 1 aliphatic carbocycles. The summed E-state index contributed by atoms with van der Waals surface area (Å²) in [6.07, 6.45) is 6.82. The Bertz CT molecular complexity index is 1060. The fraction of sp³-hybridized carbons (Fsp3) is 0.545. The molecule has 1 unspecified atom stereocenters. The molecule has 2 amide bonds. The highest BCUT2D eigenvalue weighted by atomic mass is 32.2. The molecule has 40 heavy (non-hydrogen) atoms. The first-order chi connectivity index (χ1) is 19.5. The van der Waals surface area contributed by atoms with E-state index in [0.29, 0.717) is 25.5 Å². The number of alkyl carbamates (subject to hydrolysis) is 1. The normalized spacial score (nSPS) is 22.0. The molecular weight excluding hydrogens is 518 g/mol. The molecule has 2 aromatic rings. The lowest BCUT2D eigenvalue weighted by atomic mass is 9.76. The molecule has 1 heterocycles. The lowest BCUT2D eigenvalue weighted by molar-refractivity contribution is -0.127. The zero-order valence-corrected chi connectivity index (χ0v) is 24.8. The van der Waals surface area contributed by atoms with Gasteiger partial charge in [-0.15, -0.1) is 11.8 Å². The van der Waals surface area contributed by atoms with Crippen LogP contribution in [-0.2, 0) is 22.4 Å². The molecular formula is C33H45N3O3S. The van der Waals surface area contributed by atoms with Crippen LogP contribution in [0.5, 0.6) is 0 Å². The lowest BCUT2D eigenvalue weighted by Gasteiger charge is -2.31. The van der Waals surface area contributed by atoms with E-state index in [9.17, 15) is 9.59 Å². The molecule has 1 aliphatic heterocycles. The highest BCUT2D eigenvalue weighted by molar-refractivity contribution is 8.12. The van der Waals surface area contributed by atoms with Gasteiger partial charge in [-0.25, -0.2) is 4.79 Å². The lowest BCUT2D eigenvalue weighted by Crippen LogP contribution is -2.43. The van der Waals surface area contributed by atoms with Crippen molar-refractivity contribution in [3.8, 4) is 0 Å². The van der Waals surface area contributed by atoms with E-state index in [1.54, 1.807) is 11.8 Å². The highest BCUT2D eigenvalue weighted by Gasteiger charge is 2.29. The van der Waals surface area contributed by atoms with Crippen LogP contribution in [0.3, 0.4) is 0 Å². The van der Waals surface area contributed by atoms with Gasteiger partial charge in [-0.3, -0.25) is 9.79 Å². The van der Waals surface area contributed by atoms with Crippen LogP contribution < -0.4 is 10.6 Å². The second-order valence-electron chi connectivity index (χ2n) is 11.7. The van der Waals surface area contributed by atoms with Crippen molar-refractivity contribution in [3.05, 3.63) is 71.8 Å². The molecule has 0 saturated heterocycles. The Morgan fingerprint density at radius 1 is 0.875 bits per heavy atom. The summed E-state index contributed by atoms with van der Waals surface area (Å²) in [6.45, 7) is 5.61. The van der Waals surface area contributed by atoms with Gasteiger partial charge in [0.25, 0.3) is 0 Å². The molecule has 7 heteroatoms. The third-order valence-electron chi connectivity index (χ3n) is 8.30. The minimum absolute atomic E-state index is 0.000790. The van der Waals surface area contributed by atoms with Crippen molar-refractivity contribution in [2.24, 2.45) is 22.7 Å². The highest BCUT2D eigenvalue weighted by Crippen LogP contribution is 2.33. The summed E-state index contributed by atoms with van der Waals surface area (Å²) >= 11 is 1.60. The molecule has 216 valence electrons. The van der Waals surface area contributed by atoms with Gasteiger partial charge >= 0.3 is 6.09 Å². The number of aliphatic imine (C=N–C) groups is 1. The molecule has 0 aromatic heterocycles. The summed E-state index contributed by atoms with van der Waals surface area (Å²) < 4.78 is 5.55.